The predicted octanol–water partition coefficient (Wildman–Crippen LogP) is 6.34. The number of carbonyl (C=O) groups excluding carboxylic acids is 2. The van der Waals surface area contributed by atoms with E-state index in [2.05, 4.69) is 5.32 Å². The first-order valence-electron chi connectivity index (χ1n) is 10.5. The first-order valence-corrected chi connectivity index (χ1v) is 11.8. The molecule has 0 unspecified atom stereocenters. The van der Waals surface area contributed by atoms with E-state index in [9.17, 15) is 9.59 Å². The van der Waals surface area contributed by atoms with Crippen molar-refractivity contribution in [2.75, 3.05) is 26.5 Å². The average Bonchev–Trinajstić information content (AvgIpc) is 3.22. The quantitative estimate of drug-likeness (QED) is 0.303. The molecule has 0 saturated carbocycles. The third-order valence-corrected chi connectivity index (χ3v) is 6.49. The Balaban J connectivity index is 1.66. The summed E-state index contributed by atoms with van der Waals surface area (Å²) in [6.07, 6.45) is 0. The summed E-state index contributed by atoms with van der Waals surface area (Å²) in [5.74, 6) is 0.584. The van der Waals surface area contributed by atoms with Crippen molar-refractivity contribution in [2.24, 2.45) is 0 Å². The van der Waals surface area contributed by atoms with Gasteiger partial charge in [-0.15, -0.1) is 11.8 Å². The number of nitrogens with one attached hydrogen (secondary N) is 1. The van der Waals surface area contributed by atoms with Crippen LogP contribution in [-0.4, -0.2) is 37.9 Å². The van der Waals surface area contributed by atoms with Crippen LogP contribution in [0.1, 0.15) is 26.5 Å². The van der Waals surface area contributed by atoms with Gasteiger partial charge < -0.3 is 19.4 Å². The number of benzene rings is 3. The molecular formula is C26H23ClN2O4S. The second-order valence-corrected chi connectivity index (χ2v) is 9.20. The second-order valence-electron chi connectivity index (χ2n) is 7.72. The number of furan rings is 1. The lowest BCUT2D eigenvalue weighted by atomic mass is 10.1. The average molecular weight is 495 g/mol. The van der Waals surface area contributed by atoms with Crippen LogP contribution in [0.4, 0.5) is 5.69 Å². The maximum atomic E-state index is 13.4. The maximum absolute atomic E-state index is 13.4. The highest BCUT2D eigenvalue weighted by molar-refractivity contribution is 7.98. The van der Waals surface area contributed by atoms with Gasteiger partial charge in [-0.05, 0) is 48.5 Å². The Bertz CT molecular complexity index is 1350. The van der Waals surface area contributed by atoms with Crippen molar-refractivity contribution in [3.63, 3.8) is 0 Å². The molecule has 0 aliphatic carbocycles. The number of carbonyl (C=O) groups is 2. The lowest BCUT2D eigenvalue weighted by Gasteiger charge is -2.14. The largest absolute Gasteiger partial charge is 0.495 e. The highest BCUT2D eigenvalue weighted by atomic mass is 35.5. The fraction of sp³-hybridized carbons (Fsp3) is 0.154. The second kappa shape index (κ2) is 10.2. The number of amides is 2. The molecule has 0 spiro atoms. The molecule has 1 aromatic heterocycles. The minimum Gasteiger partial charge on any atom is -0.495 e. The Morgan fingerprint density at radius 2 is 1.79 bits per heavy atom. The number of para-hydroxylation sites is 1. The van der Waals surface area contributed by atoms with E-state index in [1.54, 1.807) is 44.1 Å². The van der Waals surface area contributed by atoms with Gasteiger partial charge in [0, 0.05) is 46.3 Å². The number of thioether (sulfide) groups is 1. The van der Waals surface area contributed by atoms with E-state index < -0.39 is 5.91 Å². The SMILES string of the molecule is COc1ccc(C(=O)N(C)C)cc1NC(=O)c1oc2ccccc2c1CSc1ccc(Cl)cc1. The Labute approximate surface area is 206 Å². The van der Waals surface area contributed by atoms with Crippen molar-refractivity contribution in [2.45, 2.75) is 10.6 Å². The Morgan fingerprint density at radius 3 is 2.50 bits per heavy atom. The van der Waals surface area contributed by atoms with Crippen LogP contribution in [0.2, 0.25) is 5.02 Å². The number of ether oxygens (including phenoxy) is 1. The molecule has 3 aromatic carbocycles. The van der Waals surface area contributed by atoms with Crippen molar-refractivity contribution in [3.05, 3.63) is 88.6 Å². The van der Waals surface area contributed by atoms with Gasteiger partial charge in [0.2, 0.25) is 0 Å². The zero-order valence-electron chi connectivity index (χ0n) is 18.9. The van der Waals surface area contributed by atoms with E-state index in [0.29, 0.717) is 33.4 Å². The minimum atomic E-state index is -0.421. The number of hydrogen-bond donors (Lipinski definition) is 1. The Hall–Kier alpha value is -3.42. The fourth-order valence-electron chi connectivity index (χ4n) is 3.49. The molecule has 1 heterocycles. The first kappa shape index (κ1) is 23.7. The van der Waals surface area contributed by atoms with Gasteiger partial charge in [-0.1, -0.05) is 29.8 Å². The molecule has 34 heavy (non-hydrogen) atoms. The summed E-state index contributed by atoms with van der Waals surface area (Å²) in [6.45, 7) is 0. The van der Waals surface area contributed by atoms with Crippen LogP contribution in [0, 0.1) is 0 Å². The summed E-state index contributed by atoms with van der Waals surface area (Å²) in [5.41, 5.74) is 2.23. The molecule has 0 aliphatic rings. The molecule has 0 radical (unpaired) electrons. The Morgan fingerprint density at radius 1 is 1.06 bits per heavy atom. The fourth-order valence-corrected chi connectivity index (χ4v) is 4.54. The smallest absolute Gasteiger partial charge is 0.291 e. The minimum absolute atomic E-state index is 0.179. The topological polar surface area (TPSA) is 71.8 Å². The molecule has 4 aromatic rings. The van der Waals surface area contributed by atoms with Crippen LogP contribution in [-0.2, 0) is 5.75 Å². The molecule has 174 valence electrons. The van der Waals surface area contributed by atoms with Crippen LogP contribution in [0.25, 0.3) is 11.0 Å². The number of rotatable bonds is 7. The maximum Gasteiger partial charge on any atom is 0.291 e. The van der Waals surface area contributed by atoms with Gasteiger partial charge in [0.05, 0.1) is 12.8 Å². The summed E-state index contributed by atoms with van der Waals surface area (Å²) >= 11 is 7.58. The van der Waals surface area contributed by atoms with E-state index in [1.807, 2.05) is 48.5 Å². The standard InChI is InChI=1S/C26H23ClN2O4S/c1-29(2)26(31)16-8-13-23(32-3)21(14-16)28-25(30)24-20(19-6-4-5-7-22(19)33-24)15-34-18-11-9-17(27)10-12-18/h4-14H,15H2,1-3H3,(H,28,30). The van der Waals surface area contributed by atoms with E-state index in [4.69, 9.17) is 20.8 Å². The van der Waals surface area contributed by atoms with Crippen molar-refractivity contribution < 1.29 is 18.7 Å². The summed E-state index contributed by atoms with van der Waals surface area (Å²) in [4.78, 5) is 28.3. The summed E-state index contributed by atoms with van der Waals surface area (Å²) in [6, 6.07) is 20.0. The van der Waals surface area contributed by atoms with Crippen LogP contribution in [0.5, 0.6) is 5.75 Å². The van der Waals surface area contributed by atoms with Crippen LogP contribution in [0.3, 0.4) is 0 Å². The molecule has 0 aliphatic heterocycles. The summed E-state index contributed by atoms with van der Waals surface area (Å²) < 4.78 is 11.4. The van der Waals surface area contributed by atoms with Gasteiger partial charge >= 0.3 is 0 Å². The van der Waals surface area contributed by atoms with Crippen molar-refractivity contribution in [3.8, 4) is 5.75 Å². The third kappa shape index (κ3) is 5.05. The molecule has 8 heteroatoms. The molecule has 2 amide bonds. The monoisotopic (exact) mass is 494 g/mol. The van der Waals surface area contributed by atoms with Crippen molar-refractivity contribution >= 4 is 51.8 Å². The zero-order valence-corrected chi connectivity index (χ0v) is 20.5. The highest BCUT2D eigenvalue weighted by Gasteiger charge is 2.22. The van der Waals surface area contributed by atoms with Crippen LogP contribution >= 0.6 is 23.4 Å². The van der Waals surface area contributed by atoms with Crippen LogP contribution in [0.15, 0.2) is 76.0 Å². The van der Waals surface area contributed by atoms with E-state index >= 15 is 0 Å². The van der Waals surface area contributed by atoms with E-state index in [0.717, 1.165) is 15.8 Å². The molecule has 1 N–H and O–H groups in total. The molecular weight excluding hydrogens is 472 g/mol. The molecule has 0 saturated heterocycles. The number of nitrogens with zero attached hydrogens (tertiary/aromatic N) is 1. The van der Waals surface area contributed by atoms with Gasteiger partial charge in [-0.2, -0.15) is 0 Å². The number of hydrogen-bond acceptors (Lipinski definition) is 5. The lowest BCUT2D eigenvalue weighted by molar-refractivity contribution is 0.0827. The summed E-state index contributed by atoms with van der Waals surface area (Å²) in [7, 11) is 4.85. The number of anilines is 1. The highest BCUT2D eigenvalue weighted by Crippen LogP contribution is 2.34. The van der Waals surface area contributed by atoms with Gasteiger partial charge in [0.15, 0.2) is 5.76 Å². The number of fused-ring (bicyclic) bond motifs is 1. The van der Waals surface area contributed by atoms with Crippen molar-refractivity contribution in [1.29, 1.82) is 0 Å². The predicted molar refractivity (Wildman–Crippen MR) is 136 cm³/mol. The zero-order chi connectivity index (χ0) is 24.2. The molecule has 0 fully saturated rings. The lowest BCUT2D eigenvalue weighted by Crippen LogP contribution is -2.22. The molecule has 6 nitrogen and oxygen atoms in total. The first-order chi connectivity index (χ1) is 16.4. The van der Waals surface area contributed by atoms with Gasteiger partial charge in [-0.25, -0.2) is 0 Å². The van der Waals surface area contributed by atoms with E-state index in [1.165, 1.54) is 12.0 Å². The van der Waals surface area contributed by atoms with Gasteiger partial charge in [0.25, 0.3) is 11.8 Å². The van der Waals surface area contributed by atoms with E-state index in [-0.39, 0.29) is 11.7 Å². The summed E-state index contributed by atoms with van der Waals surface area (Å²) in [5, 5.41) is 4.41. The third-order valence-electron chi connectivity index (χ3n) is 5.20. The molecule has 0 bridgehead atoms. The molecule has 0 atom stereocenters. The number of halogens is 1. The Kier molecular flexibility index (Phi) is 7.14. The van der Waals surface area contributed by atoms with Crippen LogP contribution < -0.4 is 10.1 Å². The normalized spacial score (nSPS) is 10.8. The van der Waals surface area contributed by atoms with Gasteiger partial charge in [0.1, 0.15) is 11.3 Å². The van der Waals surface area contributed by atoms with Gasteiger partial charge in [-0.3, -0.25) is 9.59 Å². The number of methoxy groups -OCH3 is 1. The van der Waals surface area contributed by atoms with Crippen molar-refractivity contribution in [1.82, 2.24) is 4.90 Å². The molecule has 4 rings (SSSR count).